The number of sulfonamides is 1. The molecule has 1 N–H and O–H groups in total. The highest BCUT2D eigenvalue weighted by atomic mass is 32.2. The summed E-state index contributed by atoms with van der Waals surface area (Å²) in [6, 6.07) is 11.6. The second-order valence-corrected chi connectivity index (χ2v) is 7.76. The molecule has 0 amide bonds. The van der Waals surface area contributed by atoms with Crippen molar-refractivity contribution in [1.29, 1.82) is 0 Å². The van der Waals surface area contributed by atoms with E-state index in [-0.39, 0.29) is 23.0 Å². The second kappa shape index (κ2) is 7.94. The van der Waals surface area contributed by atoms with Gasteiger partial charge in [0.25, 0.3) is 0 Å². The molecule has 0 saturated carbocycles. The number of ketones is 1. The Bertz CT molecular complexity index is 861. The Kier molecular flexibility index (Phi) is 5.65. The summed E-state index contributed by atoms with van der Waals surface area (Å²) in [5, 5.41) is 2.91. The Morgan fingerprint density at radius 2 is 1.65 bits per heavy atom. The molecule has 1 fully saturated rings. The maximum Gasteiger partial charge on any atom is 0.243 e. The lowest BCUT2D eigenvalue weighted by Crippen LogP contribution is -2.40. The quantitative estimate of drug-likeness (QED) is 0.780. The summed E-state index contributed by atoms with van der Waals surface area (Å²) in [5.41, 5.74) is 1.03. The minimum atomic E-state index is -3.57. The van der Waals surface area contributed by atoms with Gasteiger partial charge in [0.2, 0.25) is 10.0 Å². The van der Waals surface area contributed by atoms with Crippen LogP contribution in [0.25, 0.3) is 0 Å². The van der Waals surface area contributed by atoms with Crippen LogP contribution in [0, 0.1) is 5.82 Å². The molecule has 0 atom stereocenters. The SMILES string of the molecule is O=C(CNc1ccc(F)cc1)c1ccc(S(=O)(=O)N2CCOCC2)cc1. The monoisotopic (exact) mass is 378 g/mol. The van der Waals surface area contributed by atoms with Crippen LogP contribution in [0.4, 0.5) is 10.1 Å². The van der Waals surface area contributed by atoms with E-state index in [1.165, 1.54) is 40.7 Å². The summed E-state index contributed by atoms with van der Waals surface area (Å²) in [6.45, 7) is 1.44. The maximum absolute atomic E-state index is 12.9. The van der Waals surface area contributed by atoms with Crippen LogP contribution in [-0.4, -0.2) is 51.4 Å². The molecule has 1 aliphatic heterocycles. The average Bonchev–Trinajstić information content (AvgIpc) is 2.68. The molecule has 8 heteroatoms. The lowest BCUT2D eigenvalue weighted by Gasteiger charge is -2.26. The summed E-state index contributed by atoms with van der Waals surface area (Å²) in [6.07, 6.45) is 0. The zero-order valence-electron chi connectivity index (χ0n) is 14.0. The lowest BCUT2D eigenvalue weighted by atomic mass is 10.1. The van der Waals surface area contributed by atoms with Crippen LogP contribution in [0.2, 0.25) is 0 Å². The van der Waals surface area contributed by atoms with E-state index in [4.69, 9.17) is 4.74 Å². The fraction of sp³-hybridized carbons (Fsp3) is 0.278. The molecule has 26 heavy (non-hydrogen) atoms. The van der Waals surface area contributed by atoms with Gasteiger partial charge in [-0.1, -0.05) is 0 Å². The number of carbonyl (C=O) groups excluding carboxylic acids is 1. The number of benzene rings is 2. The van der Waals surface area contributed by atoms with Crippen LogP contribution in [-0.2, 0) is 14.8 Å². The number of hydrogen-bond acceptors (Lipinski definition) is 5. The standard InChI is InChI=1S/C18H19FN2O4S/c19-15-3-5-16(6-4-15)20-13-18(22)14-1-7-17(8-2-14)26(23,24)21-9-11-25-12-10-21/h1-8,20H,9-13H2. The molecule has 0 aromatic heterocycles. The first kappa shape index (κ1) is 18.5. The molecule has 1 saturated heterocycles. The molecule has 0 radical (unpaired) electrons. The van der Waals surface area contributed by atoms with Crippen molar-refractivity contribution < 1.29 is 22.3 Å². The number of hydrogen-bond donors (Lipinski definition) is 1. The van der Waals surface area contributed by atoms with Crippen LogP contribution in [0.3, 0.4) is 0 Å². The van der Waals surface area contributed by atoms with Gasteiger partial charge in [0.1, 0.15) is 5.82 Å². The number of halogens is 1. The van der Waals surface area contributed by atoms with Crippen molar-refractivity contribution in [2.24, 2.45) is 0 Å². The fourth-order valence-electron chi connectivity index (χ4n) is 2.60. The number of Topliss-reactive ketones (excluding diaryl/α,β-unsaturated/α-hetero) is 1. The summed E-state index contributed by atoms with van der Waals surface area (Å²) in [7, 11) is -3.57. The van der Waals surface area contributed by atoms with Crippen molar-refractivity contribution in [2.75, 3.05) is 38.2 Å². The van der Waals surface area contributed by atoms with E-state index >= 15 is 0 Å². The van der Waals surface area contributed by atoms with Gasteiger partial charge in [-0.25, -0.2) is 12.8 Å². The number of carbonyl (C=O) groups is 1. The highest BCUT2D eigenvalue weighted by Crippen LogP contribution is 2.18. The van der Waals surface area contributed by atoms with Gasteiger partial charge in [-0.05, 0) is 48.5 Å². The zero-order chi connectivity index (χ0) is 18.6. The summed E-state index contributed by atoms with van der Waals surface area (Å²) < 4.78 is 44.5. The van der Waals surface area contributed by atoms with Crippen molar-refractivity contribution in [2.45, 2.75) is 4.90 Å². The van der Waals surface area contributed by atoms with Gasteiger partial charge in [0.05, 0.1) is 24.7 Å². The van der Waals surface area contributed by atoms with Gasteiger partial charge in [0, 0.05) is 24.3 Å². The molecule has 0 spiro atoms. The molecule has 2 aromatic rings. The van der Waals surface area contributed by atoms with Gasteiger partial charge < -0.3 is 10.1 Å². The first-order valence-electron chi connectivity index (χ1n) is 8.17. The third-order valence-electron chi connectivity index (χ3n) is 4.08. The highest BCUT2D eigenvalue weighted by Gasteiger charge is 2.26. The molecule has 3 rings (SSSR count). The maximum atomic E-state index is 12.9. The first-order chi connectivity index (χ1) is 12.5. The lowest BCUT2D eigenvalue weighted by molar-refractivity contribution is 0.0730. The van der Waals surface area contributed by atoms with Gasteiger partial charge in [0.15, 0.2) is 5.78 Å². The Morgan fingerprint density at radius 3 is 2.27 bits per heavy atom. The largest absolute Gasteiger partial charge is 0.379 e. The van der Waals surface area contributed by atoms with E-state index in [0.717, 1.165) is 0 Å². The van der Waals surface area contributed by atoms with Gasteiger partial charge in [-0.2, -0.15) is 4.31 Å². The van der Waals surface area contributed by atoms with Crippen molar-refractivity contribution in [3.63, 3.8) is 0 Å². The second-order valence-electron chi connectivity index (χ2n) is 5.82. The number of morpholine rings is 1. The van der Waals surface area contributed by atoms with Gasteiger partial charge in [-0.3, -0.25) is 4.79 Å². The summed E-state index contributed by atoms with van der Waals surface area (Å²) in [4.78, 5) is 12.4. The third-order valence-corrected chi connectivity index (χ3v) is 5.99. The first-order valence-corrected chi connectivity index (χ1v) is 9.61. The number of nitrogens with zero attached hydrogens (tertiary/aromatic N) is 1. The molecule has 1 heterocycles. The van der Waals surface area contributed by atoms with E-state index in [9.17, 15) is 17.6 Å². The smallest absolute Gasteiger partial charge is 0.243 e. The fourth-order valence-corrected chi connectivity index (χ4v) is 4.01. The number of ether oxygens (including phenoxy) is 1. The molecule has 0 aliphatic carbocycles. The Morgan fingerprint density at radius 1 is 1.04 bits per heavy atom. The van der Waals surface area contributed by atoms with Gasteiger partial charge in [-0.15, -0.1) is 0 Å². The minimum Gasteiger partial charge on any atom is -0.379 e. The van der Waals surface area contributed by atoms with Crippen LogP contribution >= 0.6 is 0 Å². The Balaban J connectivity index is 1.64. The number of nitrogens with one attached hydrogen (secondary N) is 1. The Hall–Kier alpha value is -2.29. The molecule has 138 valence electrons. The van der Waals surface area contributed by atoms with E-state index in [1.54, 1.807) is 12.1 Å². The van der Waals surface area contributed by atoms with Crippen molar-refractivity contribution in [3.05, 3.63) is 59.9 Å². The van der Waals surface area contributed by atoms with Crippen LogP contribution < -0.4 is 5.32 Å². The molecule has 2 aromatic carbocycles. The van der Waals surface area contributed by atoms with Crippen molar-refractivity contribution in [1.82, 2.24) is 4.31 Å². The molecule has 6 nitrogen and oxygen atoms in total. The number of rotatable bonds is 6. The van der Waals surface area contributed by atoms with Crippen LogP contribution in [0.5, 0.6) is 0 Å². The van der Waals surface area contributed by atoms with Crippen molar-refractivity contribution in [3.8, 4) is 0 Å². The predicted octanol–water partition coefficient (Wildman–Crippen LogP) is 2.14. The Labute approximate surface area is 151 Å². The van der Waals surface area contributed by atoms with E-state index in [1.807, 2.05) is 0 Å². The van der Waals surface area contributed by atoms with Crippen LogP contribution in [0.1, 0.15) is 10.4 Å². The summed E-state index contributed by atoms with van der Waals surface area (Å²) in [5.74, 6) is -0.538. The molecular weight excluding hydrogens is 359 g/mol. The van der Waals surface area contributed by atoms with E-state index < -0.39 is 10.0 Å². The van der Waals surface area contributed by atoms with Crippen LogP contribution in [0.15, 0.2) is 53.4 Å². The topological polar surface area (TPSA) is 75.7 Å². The average molecular weight is 378 g/mol. The molecular formula is C18H19FN2O4S. The highest BCUT2D eigenvalue weighted by molar-refractivity contribution is 7.89. The predicted molar refractivity (Wildman–Crippen MR) is 95.2 cm³/mol. The van der Waals surface area contributed by atoms with Crippen molar-refractivity contribution >= 4 is 21.5 Å². The molecule has 0 bridgehead atoms. The normalized spacial score (nSPS) is 15.6. The summed E-state index contributed by atoms with van der Waals surface area (Å²) >= 11 is 0. The third kappa shape index (κ3) is 4.27. The zero-order valence-corrected chi connectivity index (χ0v) is 14.8. The number of anilines is 1. The van der Waals surface area contributed by atoms with E-state index in [2.05, 4.69) is 5.32 Å². The minimum absolute atomic E-state index is 0.0290. The molecule has 0 unspecified atom stereocenters. The van der Waals surface area contributed by atoms with Gasteiger partial charge >= 0.3 is 0 Å². The molecule has 1 aliphatic rings. The van der Waals surface area contributed by atoms with E-state index in [0.29, 0.717) is 37.6 Å².